The van der Waals surface area contributed by atoms with Crippen LogP contribution in [0.3, 0.4) is 0 Å². The van der Waals surface area contributed by atoms with Gasteiger partial charge in [-0.15, -0.1) is 0 Å². The normalized spacial score (nSPS) is 14.8. The van der Waals surface area contributed by atoms with Gasteiger partial charge in [0, 0.05) is 38.4 Å². The fraction of sp³-hybridized carbons (Fsp3) is 0.400. The molecule has 2 aromatic rings. The van der Waals surface area contributed by atoms with Crippen molar-refractivity contribution in [1.29, 1.82) is 0 Å². The molecule has 1 aliphatic rings. The quantitative estimate of drug-likeness (QED) is 0.406. The van der Waals surface area contributed by atoms with E-state index < -0.39 is 0 Å². The van der Waals surface area contributed by atoms with Crippen molar-refractivity contribution in [2.75, 3.05) is 38.1 Å². The molecule has 1 aliphatic heterocycles. The number of urea groups is 1. The predicted molar refractivity (Wildman–Crippen MR) is 107 cm³/mol. The van der Waals surface area contributed by atoms with Crippen LogP contribution < -0.4 is 21.5 Å². The average molecular weight is 368 g/mol. The van der Waals surface area contributed by atoms with Crippen LogP contribution in [0.5, 0.6) is 0 Å². The van der Waals surface area contributed by atoms with Crippen LogP contribution in [0.2, 0.25) is 0 Å². The van der Waals surface area contributed by atoms with Crippen molar-refractivity contribution in [3.8, 4) is 0 Å². The summed E-state index contributed by atoms with van der Waals surface area (Å²) in [7, 11) is 2.17. The van der Waals surface area contributed by atoms with E-state index in [-0.39, 0.29) is 6.03 Å². The Morgan fingerprint density at radius 2 is 1.74 bits per heavy atom. The SMILES string of the molecule is CN1CCN(c2ccc(CCc3ccc(CNC(=O)NN)cc3)nc2)CC1. The van der Waals surface area contributed by atoms with Crippen LogP contribution in [0.1, 0.15) is 16.8 Å². The Kier molecular flexibility index (Phi) is 6.62. The van der Waals surface area contributed by atoms with E-state index in [1.807, 2.05) is 23.8 Å². The van der Waals surface area contributed by atoms with E-state index in [0.29, 0.717) is 6.54 Å². The summed E-state index contributed by atoms with van der Waals surface area (Å²) in [4.78, 5) is 20.5. The molecular formula is C20H28N6O. The second-order valence-corrected chi connectivity index (χ2v) is 6.94. The van der Waals surface area contributed by atoms with Crippen molar-refractivity contribution >= 4 is 11.7 Å². The van der Waals surface area contributed by atoms with Gasteiger partial charge < -0.3 is 15.1 Å². The van der Waals surface area contributed by atoms with E-state index in [1.54, 1.807) is 0 Å². The van der Waals surface area contributed by atoms with Crippen molar-refractivity contribution < 1.29 is 4.79 Å². The number of hydrazine groups is 1. The summed E-state index contributed by atoms with van der Waals surface area (Å²) in [6.45, 7) is 4.78. The van der Waals surface area contributed by atoms with Crippen LogP contribution in [-0.4, -0.2) is 49.1 Å². The van der Waals surface area contributed by atoms with Crippen molar-refractivity contribution in [1.82, 2.24) is 20.6 Å². The lowest BCUT2D eigenvalue weighted by molar-refractivity contribution is 0.241. The highest BCUT2D eigenvalue weighted by molar-refractivity contribution is 5.73. The van der Waals surface area contributed by atoms with Crippen LogP contribution >= 0.6 is 0 Å². The van der Waals surface area contributed by atoms with Gasteiger partial charge in [0.25, 0.3) is 0 Å². The molecule has 3 rings (SSSR count). The first-order valence-corrected chi connectivity index (χ1v) is 9.35. The topological polar surface area (TPSA) is 86.5 Å². The number of likely N-dealkylation sites (N-methyl/N-ethyl adjacent to an activating group) is 1. The van der Waals surface area contributed by atoms with Crippen LogP contribution in [0.4, 0.5) is 10.5 Å². The van der Waals surface area contributed by atoms with E-state index in [0.717, 1.165) is 50.3 Å². The van der Waals surface area contributed by atoms with Gasteiger partial charge in [-0.1, -0.05) is 24.3 Å². The second kappa shape index (κ2) is 9.34. The Bertz CT molecular complexity index is 723. The van der Waals surface area contributed by atoms with Gasteiger partial charge in [-0.3, -0.25) is 10.4 Å². The number of rotatable bonds is 6. The van der Waals surface area contributed by atoms with Gasteiger partial charge >= 0.3 is 6.03 Å². The predicted octanol–water partition coefficient (Wildman–Crippen LogP) is 1.29. The van der Waals surface area contributed by atoms with E-state index in [4.69, 9.17) is 5.84 Å². The fourth-order valence-corrected chi connectivity index (χ4v) is 3.15. The zero-order chi connectivity index (χ0) is 19.1. The molecule has 0 unspecified atom stereocenters. The van der Waals surface area contributed by atoms with Gasteiger partial charge in [-0.2, -0.15) is 0 Å². The maximum Gasteiger partial charge on any atom is 0.329 e. The summed E-state index contributed by atoms with van der Waals surface area (Å²) in [5.41, 5.74) is 6.67. The Labute approximate surface area is 160 Å². The summed E-state index contributed by atoms with van der Waals surface area (Å²) < 4.78 is 0. The standard InChI is InChI=1S/C20H28N6O/c1-25-10-12-26(13-11-25)19-9-8-18(22-15-19)7-6-16-2-4-17(5-3-16)14-23-20(27)24-21/h2-5,8-9,15H,6-7,10-14,21H2,1H3,(H2,23,24,27). The third-order valence-corrected chi connectivity index (χ3v) is 4.95. The van der Waals surface area contributed by atoms with E-state index in [2.05, 4.69) is 51.4 Å². The number of anilines is 1. The zero-order valence-corrected chi connectivity index (χ0v) is 15.8. The minimum atomic E-state index is -0.384. The molecule has 1 saturated heterocycles. The highest BCUT2D eigenvalue weighted by Gasteiger charge is 2.14. The van der Waals surface area contributed by atoms with Gasteiger partial charge in [0.1, 0.15) is 0 Å². The van der Waals surface area contributed by atoms with Crippen LogP contribution in [0.15, 0.2) is 42.6 Å². The van der Waals surface area contributed by atoms with Gasteiger partial charge in [0.2, 0.25) is 0 Å². The van der Waals surface area contributed by atoms with Gasteiger partial charge in [-0.25, -0.2) is 10.6 Å². The zero-order valence-electron chi connectivity index (χ0n) is 15.8. The molecule has 4 N–H and O–H groups in total. The first kappa shape index (κ1) is 19.1. The van der Waals surface area contributed by atoms with Crippen molar-refractivity contribution in [3.63, 3.8) is 0 Å². The Morgan fingerprint density at radius 1 is 1.04 bits per heavy atom. The molecule has 1 aromatic heterocycles. The molecule has 144 valence electrons. The van der Waals surface area contributed by atoms with Crippen molar-refractivity contribution in [3.05, 3.63) is 59.4 Å². The molecule has 0 bridgehead atoms. The van der Waals surface area contributed by atoms with E-state index in [1.165, 1.54) is 11.3 Å². The third-order valence-electron chi connectivity index (χ3n) is 4.95. The molecule has 1 fully saturated rings. The molecule has 2 heterocycles. The number of amides is 2. The molecule has 7 nitrogen and oxygen atoms in total. The second-order valence-electron chi connectivity index (χ2n) is 6.94. The lowest BCUT2D eigenvalue weighted by atomic mass is 10.1. The number of aryl methyl sites for hydroxylation is 2. The largest absolute Gasteiger partial charge is 0.368 e. The number of carbonyl (C=O) groups excluding carboxylic acids is 1. The lowest BCUT2D eigenvalue weighted by Gasteiger charge is -2.33. The molecule has 0 saturated carbocycles. The first-order chi connectivity index (χ1) is 13.1. The van der Waals surface area contributed by atoms with Crippen LogP contribution in [0, 0.1) is 0 Å². The number of nitrogens with two attached hydrogens (primary N) is 1. The van der Waals surface area contributed by atoms with E-state index >= 15 is 0 Å². The Morgan fingerprint density at radius 3 is 2.37 bits per heavy atom. The van der Waals surface area contributed by atoms with Crippen molar-refractivity contribution in [2.24, 2.45) is 5.84 Å². The lowest BCUT2D eigenvalue weighted by Crippen LogP contribution is -2.44. The molecule has 0 radical (unpaired) electrons. The molecule has 7 heteroatoms. The van der Waals surface area contributed by atoms with Crippen LogP contribution in [0.25, 0.3) is 0 Å². The van der Waals surface area contributed by atoms with Gasteiger partial charge in [-0.05, 0) is 43.1 Å². The minimum absolute atomic E-state index is 0.384. The Hall–Kier alpha value is -2.64. The van der Waals surface area contributed by atoms with Crippen LogP contribution in [-0.2, 0) is 19.4 Å². The highest BCUT2D eigenvalue weighted by atomic mass is 16.2. The number of piperazine rings is 1. The molecular weight excluding hydrogens is 340 g/mol. The molecule has 1 aromatic carbocycles. The number of hydrogen-bond donors (Lipinski definition) is 3. The summed E-state index contributed by atoms with van der Waals surface area (Å²) in [5.74, 6) is 5.04. The van der Waals surface area contributed by atoms with Gasteiger partial charge in [0.05, 0.1) is 11.9 Å². The molecule has 0 aliphatic carbocycles. The fourth-order valence-electron chi connectivity index (χ4n) is 3.15. The molecule has 2 amide bonds. The molecule has 27 heavy (non-hydrogen) atoms. The molecule has 0 spiro atoms. The smallest absolute Gasteiger partial charge is 0.329 e. The average Bonchev–Trinajstić information content (AvgIpc) is 2.72. The summed E-state index contributed by atoms with van der Waals surface area (Å²) in [6.07, 6.45) is 3.85. The number of hydrogen-bond acceptors (Lipinski definition) is 5. The first-order valence-electron chi connectivity index (χ1n) is 9.35. The Balaban J connectivity index is 1.47. The summed E-state index contributed by atoms with van der Waals surface area (Å²) in [5, 5.41) is 2.67. The van der Waals surface area contributed by atoms with Crippen molar-refractivity contribution in [2.45, 2.75) is 19.4 Å². The molecule has 0 atom stereocenters. The summed E-state index contributed by atoms with van der Waals surface area (Å²) in [6, 6.07) is 12.2. The minimum Gasteiger partial charge on any atom is -0.368 e. The van der Waals surface area contributed by atoms with Gasteiger partial charge in [0.15, 0.2) is 0 Å². The number of nitrogens with zero attached hydrogens (tertiary/aromatic N) is 3. The number of benzene rings is 1. The van der Waals surface area contributed by atoms with E-state index in [9.17, 15) is 4.79 Å². The maximum atomic E-state index is 11.1. The monoisotopic (exact) mass is 368 g/mol. The maximum absolute atomic E-state index is 11.1. The third kappa shape index (κ3) is 5.67. The number of aromatic nitrogens is 1. The number of pyridine rings is 1. The highest BCUT2D eigenvalue weighted by Crippen LogP contribution is 2.16. The number of nitrogens with one attached hydrogen (secondary N) is 2. The number of carbonyl (C=O) groups is 1. The summed E-state index contributed by atoms with van der Waals surface area (Å²) >= 11 is 0.